The number of carbonyl (C=O) groups is 1. The lowest BCUT2D eigenvalue weighted by molar-refractivity contribution is 0.112. The molecule has 20 heavy (non-hydrogen) atoms. The maximum atomic E-state index is 10.6. The molecule has 0 saturated heterocycles. The summed E-state index contributed by atoms with van der Waals surface area (Å²) in [7, 11) is 0. The first kappa shape index (κ1) is 12.6. The van der Waals surface area contributed by atoms with Gasteiger partial charge in [0.2, 0.25) is 0 Å². The SMILES string of the molecule is O=Cc1ccc(-n2nc(Cl)c(-c3ccccc3)n2)cc1. The fourth-order valence-electron chi connectivity index (χ4n) is 1.86. The molecule has 1 aromatic heterocycles. The molecular weight excluding hydrogens is 274 g/mol. The Morgan fingerprint density at radius 3 is 2.30 bits per heavy atom. The van der Waals surface area contributed by atoms with Gasteiger partial charge in [-0.05, 0) is 24.3 Å². The molecule has 0 aliphatic heterocycles. The summed E-state index contributed by atoms with van der Waals surface area (Å²) in [6.07, 6.45) is 0.794. The van der Waals surface area contributed by atoms with Gasteiger partial charge in [0.1, 0.15) is 12.0 Å². The van der Waals surface area contributed by atoms with Crippen molar-refractivity contribution in [3.05, 3.63) is 65.3 Å². The lowest BCUT2D eigenvalue weighted by Crippen LogP contribution is -1.98. The summed E-state index contributed by atoms with van der Waals surface area (Å²) in [5.74, 6) is 0. The molecule has 0 N–H and O–H groups in total. The molecule has 0 aliphatic carbocycles. The van der Waals surface area contributed by atoms with E-state index in [0.29, 0.717) is 16.4 Å². The van der Waals surface area contributed by atoms with Gasteiger partial charge in [-0.25, -0.2) is 0 Å². The summed E-state index contributed by atoms with van der Waals surface area (Å²) >= 11 is 6.14. The van der Waals surface area contributed by atoms with Crippen LogP contribution in [0.15, 0.2) is 54.6 Å². The summed E-state index contributed by atoms with van der Waals surface area (Å²) in [5, 5.41) is 8.93. The van der Waals surface area contributed by atoms with Gasteiger partial charge in [-0.15, -0.1) is 15.0 Å². The van der Waals surface area contributed by atoms with E-state index in [1.165, 1.54) is 4.80 Å². The Balaban J connectivity index is 2.01. The molecule has 2 aromatic carbocycles. The Hall–Kier alpha value is -2.46. The number of carbonyl (C=O) groups excluding carboxylic acids is 1. The van der Waals surface area contributed by atoms with Gasteiger partial charge in [0, 0.05) is 11.1 Å². The van der Waals surface area contributed by atoms with Crippen molar-refractivity contribution in [3.63, 3.8) is 0 Å². The zero-order chi connectivity index (χ0) is 13.9. The second-order valence-electron chi connectivity index (χ2n) is 4.20. The zero-order valence-corrected chi connectivity index (χ0v) is 11.2. The van der Waals surface area contributed by atoms with Crippen LogP contribution >= 0.6 is 11.6 Å². The van der Waals surface area contributed by atoms with Gasteiger partial charge >= 0.3 is 0 Å². The first-order valence-corrected chi connectivity index (χ1v) is 6.39. The smallest absolute Gasteiger partial charge is 0.179 e. The number of halogens is 1. The minimum atomic E-state index is 0.343. The van der Waals surface area contributed by atoms with Crippen LogP contribution in [0.1, 0.15) is 10.4 Å². The Labute approximate surface area is 120 Å². The van der Waals surface area contributed by atoms with Gasteiger partial charge in [0.05, 0.1) is 5.69 Å². The van der Waals surface area contributed by atoms with E-state index in [1.54, 1.807) is 24.3 Å². The van der Waals surface area contributed by atoms with E-state index in [2.05, 4.69) is 10.2 Å². The molecule has 3 aromatic rings. The van der Waals surface area contributed by atoms with E-state index in [-0.39, 0.29) is 0 Å². The quantitative estimate of drug-likeness (QED) is 0.692. The summed E-state index contributed by atoms with van der Waals surface area (Å²) < 4.78 is 0. The predicted octanol–water partition coefficient (Wildman–Crippen LogP) is 3.40. The second-order valence-corrected chi connectivity index (χ2v) is 4.56. The summed E-state index contributed by atoms with van der Waals surface area (Å²) in [5.41, 5.74) is 2.90. The fourth-order valence-corrected chi connectivity index (χ4v) is 2.08. The number of rotatable bonds is 3. The predicted molar refractivity (Wildman–Crippen MR) is 77.2 cm³/mol. The maximum absolute atomic E-state index is 10.6. The lowest BCUT2D eigenvalue weighted by Gasteiger charge is -1.99. The van der Waals surface area contributed by atoms with Gasteiger partial charge in [0.15, 0.2) is 5.15 Å². The standard InChI is InChI=1S/C15H10ClN3O/c16-15-14(12-4-2-1-3-5-12)17-19(18-15)13-8-6-11(10-20)7-9-13/h1-10H. The highest BCUT2D eigenvalue weighted by Gasteiger charge is 2.11. The minimum absolute atomic E-state index is 0.343. The topological polar surface area (TPSA) is 47.8 Å². The van der Waals surface area contributed by atoms with Crippen molar-refractivity contribution in [3.8, 4) is 16.9 Å². The second kappa shape index (κ2) is 5.27. The van der Waals surface area contributed by atoms with E-state index in [1.807, 2.05) is 30.3 Å². The number of hydrogen-bond acceptors (Lipinski definition) is 3. The molecule has 3 rings (SSSR count). The molecule has 5 heteroatoms. The van der Waals surface area contributed by atoms with E-state index in [4.69, 9.17) is 11.6 Å². The molecule has 0 spiro atoms. The zero-order valence-electron chi connectivity index (χ0n) is 10.4. The lowest BCUT2D eigenvalue weighted by atomic mass is 10.2. The molecule has 1 heterocycles. The number of aromatic nitrogens is 3. The molecule has 0 unspecified atom stereocenters. The fraction of sp³-hybridized carbons (Fsp3) is 0. The number of hydrogen-bond donors (Lipinski definition) is 0. The molecule has 4 nitrogen and oxygen atoms in total. The van der Waals surface area contributed by atoms with Gasteiger partial charge in [-0.2, -0.15) is 0 Å². The molecular formula is C15H10ClN3O. The van der Waals surface area contributed by atoms with E-state index in [9.17, 15) is 4.79 Å². The molecule has 0 radical (unpaired) electrons. The molecule has 0 atom stereocenters. The van der Waals surface area contributed by atoms with Gasteiger partial charge in [0.25, 0.3) is 0 Å². The molecule has 0 amide bonds. The van der Waals surface area contributed by atoms with Crippen LogP contribution in [0.3, 0.4) is 0 Å². The van der Waals surface area contributed by atoms with Crippen LogP contribution in [0.2, 0.25) is 5.15 Å². The first-order chi connectivity index (χ1) is 9.78. The van der Waals surface area contributed by atoms with Gasteiger partial charge in [-0.3, -0.25) is 4.79 Å². The molecule has 0 fully saturated rings. The van der Waals surface area contributed by atoms with Crippen molar-refractivity contribution in [2.24, 2.45) is 0 Å². The van der Waals surface area contributed by atoms with E-state index >= 15 is 0 Å². The van der Waals surface area contributed by atoms with Crippen LogP contribution in [0, 0.1) is 0 Å². The van der Waals surface area contributed by atoms with Crippen LogP contribution in [-0.2, 0) is 0 Å². The molecule has 0 aliphatic rings. The average Bonchev–Trinajstić information content (AvgIpc) is 2.90. The van der Waals surface area contributed by atoms with Gasteiger partial charge < -0.3 is 0 Å². The van der Waals surface area contributed by atoms with Crippen LogP contribution in [-0.4, -0.2) is 21.3 Å². The summed E-state index contributed by atoms with van der Waals surface area (Å²) in [6.45, 7) is 0. The monoisotopic (exact) mass is 283 g/mol. The number of aldehydes is 1. The van der Waals surface area contributed by atoms with Crippen molar-refractivity contribution in [2.75, 3.05) is 0 Å². The summed E-state index contributed by atoms with van der Waals surface area (Å²) in [6, 6.07) is 16.6. The minimum Gasteiger partial charge on any atom is -0.298 e. The van der Waals surface area contributed by atoms with Crippen molar-refractivity contribution in [1.82, 2.24) is 15.0 Å². The Kier molecular flexibility index (Phi) is 3.31. The highest BCUT2D eigenvalue weighted by molar-refractivity contribution is 6.31. The van der Waals surface area contributed by atoms with E-state index < -0.39 is 0 Å². The number of benzene rings is 2. The first-order valence-electron chi connectivity index (χ1n) is 6.02. The normalized spacial score (nSPS) is 10.4. The van der Waals surface area contributed by atoms with Crippen molar-refractivity contribution in [1.29, 1.82) is 0 Å². The molecule has 98 valence electrons. The third kappa shape index (κ3) is 2.33. The number of nitrogens with zero attached hydrogens (tertiary/aromatic N) is 3. The highest BCUT2D eigenvalue weighted by Crippen LogP contribution is 2.24. The molecule has 0 saturated carbocycles. The van der Waals surface area contributed by atoms with Crippen molar-refractivity contribution in [2.45, 2.75) is 0 Å². The Bertz CT molecular complexity index is 736. The van der Waals surface area contributed by atoms with Gasteiger partial charge in [-0.1, -0.05) is 41.9 Å². The van der Waals surface area contributed by atoms with Crippen molar-refractivity contribution >= 4 is 17.9 Å². The third-order valence-electron chi connectivity index (χ3n) is 2.88. The van der Waals surface area contributed by atoms with Crippen LogP contribution < -0.4 is 0 Å². The van der Waals surface area contributed by atoms with Crippen LogP contribution in [0.4, 0.5) is 0 Å². The van der Waals surface area contributed by atoms with E-state index in [0.717, 1.165) is 17.5 Å². The molecule has 0 bridgehead atoms. The average molecular weight is 284 g/mol. The van der Waals surface area contributed by atoms with Crippen LogP contribution in [0.5, 0.6) is 0 Å². The van der Waals surface area contributed by atoms with Crippen molar-refractivity contribution < 1.29 is 4.79 Å². The Morgan fingerprint density at radius 2 is 1.65 bits per heavy atom. The summed E-state index contributed by atoms with van der Waals surface area (Å²) in [4.78, 5) is 12.1. The third-order valence-corrected chi connectivity index (χ3v) is 3.13. The highest BCUT2D eigenvalue weighted by atomic mass is 35.5. The Morgan fingerprint density at radius 1 is 0.950 bits per heavy atom. The van der Waals surface area contributed by atoms with Crippen LogP contribution in [0.25, 0.3) is 16.9 Å². The largest absolute Gasteiger partial charge is 0.298 e. The maximum Gasteiger partial charge on any atom is 0.179 e.